The van der Waals surface area contributed by atoms with Crippen LogP contribution in [0.15, 0.2) is 35.2 Å². The van der Waals surface area contributed by atoms with Gasteiger partial charge in [-0.1, -0.05) is 18.2 Å². The van der Waals surface area contributed by atoms with Gasteiger partial charge in [0.25, 0.3) is 10.0 Å². The highest BCUT2D eigenvalue weighted by atomic mass is 35.5. The SMILES string of the molecule is CC(O)CNNS(=O)(=O)c1ccccc1.Cl. The Kier molecular flexibility index (Phi) is 6.54. The van der Waals surface area contributed by atoms with E-state index in [1.54, 1.807) is 25.1 Å². The molecule has 1 atom stereocenters. The summed E-state index contributed by atoms with van der Waals surface area (Å²) in [5.41, 5.74) is 2.44. The van der Waals surface area contributed by atoms with E-state index in [1.165, 1.54) is 12.1 Å². The number of hydrogen-bond acceptors (Lipinski definition) is 4. The summed E-state index contributed by atoms with van der Waals surface area (Å²) < 4.78 is 23.1. The molecule has 0 saturated heterocycles. The highest BCUT2D eigenvalue weighted by molar-refractivity contribution is 7.89. The summed E-state index contributed by atoms with van der Waals surface area (Å²) in [5, 5.41) is 8.92. The summed E-state index contributed by atoms with van der Waals surface area (Å²) in [6, 6.07) is 8.01. The van der Waals surface area contributed by atoms with Crippen molar-refractivity contribution in [3.63, 3.8) is 0 Å². The summed E-state index contributed by atoms with van der Waals surface area (Å²) in [7, 11) is -3.53. The van der Waals surface area contributed by atoms with Crippen LogP contribution in [0.1, 0.15) is 6.92 Å². The maximum atomic E-state index is 11.6. The molecule has 16 heavy (non-hydrogen) atoms. The molecule has 1 aromatic carbocycles. The van der Waals surface area contributed by atoms with Crippen LogP contribution in [0.2, 0.25) is 0 Å². The molecule has 0 aromatic heterocycles. The Morgan fingerprint density at radius 3 is 2.38 bits per heavy atom. The molecule has 1 rings (SSSR count). The zero-order valence-corrected chi connectivity index (χ0v) is 10.4. The number of nitrogens with one attached hydrogen (secondary N) is 2. The summed E-state index contributed by atoms with van der Waals surface area (Å²) in [6.07, 6.45) is -0.608. The average molecular weight is 267 g/mol. The van der Waals surface area contributed by atoms with Gasteiger partial charge in [0.15, 0.2) is 0 Å². The van der Waals surface area contributed by atoms with Gasteiger partial charge in [0.2, 0.25) is 0 Å². The van der Waals surface area contributed by atoms with Crippen molar-refractivity contribution in [3.05, 3.63) is 30.3 Å². The normalized spacial score (nSPS) is 12.9. The second kappa shape index (κ2) is 6.82. The fourth-order valence-electron chi connectivity index (χ4n) is 0.943. The van der Waals surface area contributed by atoms with Crippen molar-refractivity contribution in [2.45, 2.75) is 17.9 Å². The van der Waals surface area contributed by atoms with Crippen molar-refractivity contribution in [1.29, 1.82) is 0 Å². The van der Waals surface area contributed by atoms with Gasteiger partial charge in [0.05, 0.1) is 11.0 Å². The van der Waals surface area contributed by atoms with Gasteiger partial charge < -0.3 is 5.11 Å². The monoisotopic (exact) mass is 266 g/mol. The molecular formula is C9H15ClN2O3S. The van der Waals surface area contributed by atoms with Gasteiger partial charge in [-0.3, -0.25) is 0 Å². The Morgan fingerprint density at radius 2 is 1.88 bits per heavy atom. The van der Waals surface area contributed by atoms with Crippen molar-refractivity contribution in [1.82, 2.24) is 10.3 Å². The van der Waals surface area contributed by atoms with Gasteiger partial charge in [0, 0.05) is 6.54 Å². The molecule has 0 amide bonds. The molecular weight excluding hydrogens is 252 g/mol. The molecule has 0 aliphatic heterocycles. The Labute approximate surface area is 101 Å². The largest absolute Gasteiger partial charge is 0.392 e. The molecule has 3 N–H and O–H groups in total. The third kappa shape index (κ3) is 4.91. The number of hydrogen-bond donors (Lipinski definition) is 3. The van der Waals surface area contributed by atoms with Crippen LogP contribution in [0.25, 0.3) is 0 Å². The van der Waals surface area contributed by atoms with E-state index in [0.29, 0.717) is 0 Å². The second-order valence-corrected chi connectivity index (χ2v) is 4.83. The Balaban J connectivity index is 0.00000225. The lowest BCUT2D eigenvalue weighted by Crippen LogP contribution is -2.40. The Bertz CT molecular complexity index is 394. The van der Waals surface area contributed by atoms with Gasteiger partial charge in [-0.25, -0.2) is 13.8 Å². The molecule has 1 aromatic rings. The predicted molar refractivity (Wildman–Crippen MR) is 63.7 cm³/mol. The number of sulfonamides is 1. The minimum Gasteiger partial charge on any atom is -0.392 e. The van der Waals surface area contributed by atoms with Crippen molar-refractivity contribution < 1.29 is 13.5 Å². The molecule has 0 spiro atoms. The predicted octanol–water partition coefficient (Wildman–Crippen LogP) is 0.272. The van der Waals surface area contributed by atoms with Crippen molar-refractivity contribution >= 4 is 22.4 Å². The van der Waals surface area contributed by atoms with Crippen LogP contribution in [-0.4, -0.2) is 26.2 Å². The fraction of sp³-hybridized carbons (Fsp3) is 0.333. The highest BCUT2D eigenvalue weighted by Gasteiger charge is 2.12. The van der Waals surface area contributed by atoms with E-state index in [-0.39, 0.29) is 23.8 Å². The van der Waals surface area contributed by atoms with Crippen LogP contribution in [0.5, 0.6) is 0 Å². The molecule has 1 unspecified atom stereocenters. The lowest BCUT2D eigenvalue weighted by molar-refractivity contribution is 0.189. The van der Waals surface area contributed by atoms with Crippen molar-refractivity contribution in [2.75, 3.05) is 6.54 Å². The Hall–Kier alpha value is -0.660. The van der Waals surface area contributed by atoms with Crippen LogP contribution in [0, 0.1) is 0 Å². The minimum absolute atomic E-state index is 0. The minimum atomic E-state index is -3.53. The quantitative estimate of drug-likeness (QED) is 0.669. The van der Waals surface area contributed by atoms with Crippen LogP contribution in [0.4, 0.5) is 0 Å². The van der Waals surface area contributed by atoms with Crippen LogP contribution in [-0.2, 0) is 10.0 Å². The van der Waals surface area contributed by atoms with E-state index in [4.69, 9.17) is 5.11 Å². The van der Waals surface area contributed by atoms with Gasteiger partial charge >= 0.3 is 0 Å². The maximum Gasteiger partial charge on any atom is 0.253 e. The standard InChI is InChI=1S/C9H14N2O3S.ClH/c1-8(12)7-10-11-15(13,14)9-5-3-2-4-6-9;/h2-6,8,10-12H,7H2,1H3;1H. The van der Waals surface area contributed by atoms with E-state index < -0.39 is 16.1 Å². The number of aliphatic hydroxyl groups is 1. The number of rotatable bonds is 5. The summed E-state index contributed by atoms with van der Waals surface area (Å²) in [5.74, 6) is 0. The number of hydrazine groups is 1. The van der Waals surface area contributed by atoms with E-state index in [0.717, 1.165) is 0 Å². The van der Waals surface area contributed by atoms with Crippen molar-refractivity contribution in [2.24, 2.45) is 0 Å². The molecule has 7 heteroatoms. The fourth-order valence-corrected chi connectivity index (χ4v) is 1.85. The lowest BCUT2D eigenvalue weighted by atomic mass is 10.4. The second-order valence-electron chi connectivity index (χ2n) is 3.15. The van der Waals surface area contributed by atoms with Crippen LogP contribution in [0.3, 0.4) is 0 Å². The number of benzene rings is 1. The van der Waals surface area contributed by atoms with Crippen LogP contribution < -0.4 is 10.3 Å². The highest BCUT2D eigenvalue weighted by Crippen LogP contribution is 2.05. The third-order valence-electron chi connectivity index (χ3n) is 1.66. The first kappa shape index (κ1) is 15.3. The molecule has 0 fully saturated rings. The Morgan fingerprint density at radius 1 is 1.31 bits per heavy atom. The van der Waals surface area contributed by atoms with Gasteiger partial charge in [-0.05, 0) is 19.1 Å². The zero-order valence-electron chi connectivity index (χ0n) is 8.75. The summed E-state index contributed by atoms with van der Waals surface area (Å²) in [6.45, 7) is 1.72. The zero-order chi connectivity index (χ0) is 11.3. The van der Waals surface area contributed by atoms with Gasteiger partial charge in [-0.15, -0.1) is 17.2 Å². The maximum absolute atomic E-state index is 11.6. The van der Waals surface area contributed by atoms with E-state index >= 15 is 0 Å². The number of aliphatic hydroxyl groups excluding tert-OH is 1. The van der Waals surface area contributed by atoms with Crippen molar-refractivity contribution in [3.8, 4) is 0 Å². The molecule has 0 aliphatic carbocycles. The molecule has 0 bridgehead atoms. The average Bonchev–Trinajstić information content (AvgIpc) is 2.18. The molecule has 92 valence electrons. The first-order chi connectivity index (χ1) is 7.02. The van der Waals surface area contributed by atoms with Crippen LogP contribution >= 0.6 is 12.4 Å². The third-order valence-corrected chi connectivity index (χ3v) is 2.96. The lowest BCUT2D eigenvalue weighted by Gasteiger charge is -2.09. The summed E-state index contributed by atoms with van der Waals surface area (Å²) in [4.78, 5) is 2.35. The number of halogens is 1. The van der Waals surface area contributed by atoms with E-state index in [1.807, 2.05) is 0 Å². The van der Waals surface area contributed by atoms with E-state index in [9.17, 15) is 8.42 Å². The van der Waals surface area contributed by atoms with Gasteiger partial charge in [-0.2, -0.15) is 0 Å². The molecule has 0 aliphatic rings. The summed E-state index contributed by atoms with van der Waals surface area (Å²) >= 11 is 0. The molecule has 0 saturated carbocycles. The van der Waals surface area contributed by atoms with E-state index in [2.05, 4.69) is 10.3 Å². The topological polar surface area (TPSA) is 78.4 Å². The molecule has 0 radical (unpaired) electrons. The molecule has 0 heterocycles. The van der Waals surface area contributed by atoms with Gasteiger partial charge in [0.1, 0.15) is 0 Å². The first-order valence-electron chi connectivity index (χ1n) is 4.50. The molecule has 5 nitrogen and oxygen atoms in total. The smallest absolute Gasteiger partial charge is 0.253 e. The first-order valence-corrected chi connectivity index (χ1v) is 5.98.